The third-order valence-electron chi connectivity index (χ3n) is 11.7. The van der Waals surface area contributed by atoms with Crippen molar-refractivity contribution in [3.63, 3.8) is 0 Å². The van der Waals surface area contributed by atoms with E-state index in [4.69, 9.17) is 30.3 Å². The van der Waals surface area contributed by atoms with Crippen molar-refractivity contribution in [3.8, 4) is 0 Å². The Bertz CT molecular complexity index is 2370. The van der Waals surface area contributed by atoms with E-state index in [-0.39, 0.29) is 49.0 Å². The maximum absolute atomic E-state index is 14.3. The molecule has 76 heavy (non-hydrogen) atoms. The van der Waals surface area contributed by atoms with Crippen molar-refractivity contribution in [1.82, 2.24) is 25.8 Å². The highest BCUT2D eigenvalue weighted by Gasteiger charge is 2.39. The van der Waals surface area contributed by atoms with Gasteiger partial charge in [-0.3, -0.25) is 19.4 Å². The summed E-state index contributed by atoms with van der Waals surface area (Å²) in [6, 6.07) is 32.2. The average Bonchev–Trinajstić information content (AvgIpc) is 4.01. The lowest BCUT2D eigenvalue weighted by Crippen LogP contribution is -2.44. The van der Waals surface area contributed by atoms with Gasteiger partial charge in [-0.15, -0.1) is 0 Å². The molecule has 14 nitrogen and oxygen atoms in total. The Hall–Kier alpha value is -6.65. The van der Waals surface area contributed by atoms with Gasteiger partial charge in [-0.1, -0.05) is 80.2 Å². The normalized spacial score (nSPS) is 16.3. The van der Waals surface area contributed by atoms with Gasteiger partial charge >= 0.3 is 30.4 Å². The zero-order valence-corrected chi connectivity index (χ0v) is 41.9. The average molecular weight is 1080 g/mol. The monoisotopic (exact) mass is 1080 g/mol. The summed E-state index contributed by atoms with van der Waals surface area (Å²) in [5, 5.41) is 23.3. The summed E-state index contributed by atoms with van der Waals surface area (Å²) in [7, 11) is 0. The van der Waals surface area contributed by atoms with Gasteiger partial charge < -0.3 is 36.6 Å². The lowest BCUT2D eigenvalue weighted by atomic mass is 10.0. The third kappa shape index (κ3) is 25.3. The Morgan fingerprint density at radius 3 is 1.37 bits per heavy atom. The zero-order valence-electron chi connectivity index (χ0n) is 41.9. The Morgan fingerprint density at radius 2 is 0.987 bits per heavy atom. The van der Waals surface area contributed by atoms with Gasteiger partial charge in [0.15, 0.2) is 0 Å². The van der Waals surface area contributed by atoms with E-state index in [9.17, 15) is 49.5 Å². The first-order valence-corrected chi connectivity index (χ1v) is 24.2. The highest BCUT2D eigenvalue weighted by molar-refractivity contribution is 5.94. The molecule has 3 amide bonds. The maximum Gasteiger partial charge on any atom is 0.490 e. The molecule has 2 aliphatic heterocycles. The van der Waals surface area contributed by atoms with Crippen molar-refractivity contribution < 1.29 is 74.0 Å². The summed E-state index contributed by atoms with van der Waals surface area (Å²) >= 11 is 0. The smallest absolute Gasteiger partial charge is 0.475 e. The predicted octanol–water partition coefficient (Wildman–Crippen LogP) is 9.43. The van der Waals surface area contributed by atoms with Gasteiger partial charge in [-0.2, -0.15) is 26.3 Å². The number of aliphatic carboxylic acids is 2. The summed E-state index contributed by atoms with van der Waals surface area (Å²) in [5.74, 6) is -6.08. The standard InChI is InChI=1S/C27H36FN3O3.C22H28FN3O.2C2HF3O2.CH4/c1-27(2,3)34-26(33)30-22(18-21-12-7-8-14-24(21)28)15-17-31-16-9-13-23(31)19-29-25(32)20-10-5-4-6-11-20;23-21-11-5-4-9-18(21)15-19(24)12-14-26-13-6-10-20(26)16-25-22(27)17-7-2-1-3-8-17;2*3-2(4,5)1(6)7;/h4-8,10-12,14,22-23H,9,13,15-19H2,1-3H3,(H,29,32)(H,30,33);1-5,7-9,11,19-20H,6,10,12-16,24H2,(H,25,27);2*(H,6,7);1H4/t22-,23-;19-,20-;;;/m00.../s1. The molecule has 0 unspecified atom stereocenters. The number of carboxylic acid groups (broad SMARTS) is 2. The number of nitrogens with two attached hydrogens (primary N) is 1. The van der Waals surface area contributed by atoms with Crippen LogP contribution in [0.5, 0.6) is 0 Å². The summed E-state index contributed by atoms with van der Waals surface area (Å²) in [4.78, 5) is 59.6. The van der Waals surface area contributed by atoms with Gasteiger partial charge in [0, 0.05) is 54.9 Å². The number of nitrogens with one attached hydrogen (secondary N) is 3. The van der Waals surface area contributed by atoms with Crippen LogP contribution >= 0.6 is 0 Å². The van der Waals surface area contributed by atoms with E-state index in [0.717, 1.165) is 58.3 Å². The Balaban J connectivity index is 0.000000417. The Labute approximate surface area is 438 Å². The van der Waals surface area contributed by atoms with Crippen molar-refractivity contribution in [1.29, 1.82) is 0 Å². The quantitative estimate of drug-likeness (QED) is 0.0550. The zero-order chi connectivity index (χ0) is 55.8. The van der Waals surface area contributed by atoms with Crippen molar-refractivity contribution in [2.24, 2.45) is 5.73 Å². The molecule has 4 atom stereocenters. The Kier molecular flexibility index (Phi) is 27.6. The van der Waals surface area contributed by atoms with Crippen LogP contribution in [0, 0.1) is 11.6 Å². The number of likely N-dealkylation sites (tertiary alicyclic amines) is 2. The minimum atomic E-state index is -5.08. The van der Waals surface area contributed by atoms with E-state index in [0.29, 0.717) is 60.6 Å². The molecule has 2 heterocycles. The van der Waals surface area contributed by atoms with Gasteiger partial charge in [0.2, 0.25) is 0 Å². The summed E-state index contributed by atoms with van der Waals surface area (Å²) in [5.41, 5.74) is 8.21. The highest BCUT2D eigenvalue weighted by atomic mass is 19.4. The fourth-order valence-electron chi connectivity index (χ4n) is 7.98. The molecule has 2 aliphatic rings. The number of nitrogens with zero attached hydrogens (tertiary/aromatic N) is 2. The van der Waals surface area contributed by atoms with E-state index >= 15 is 0 Å². The number of amides is 3. The number of carbonyl (C=O) groups is 5. The van der Waals surface area contributed by atoms with Crippen molar-refractivity contribution in [2.45, 2.75) is 122 Å². The van der Waals surface area contributed by atoms with Crippen LogP contribution in [-0.4, -0.2) is 131 Å². The molecule has 22 heteroatoms. The number of carboxylic acids is 2. The van der Waals surface area contributed by atoms with Crippen molar-refractivity contribution in [3.05, 3.63) is 143 Å². The molecule has 2 fully saturated rings. The number of rotatable bonds is 17. The van der Waals surface area contributed by atoms with E-state index in [1.54, 1.807) is 42.5 Å². The van der Waals surface area contributed by atoms with Crippen LogP contribution in [0.4, 0.5) is 39.9 Å². The first-order chi connectivity index (χ1) is 35.2. The molecule has 4 aromatic rings. The number of halogens is 8. The molecule has 0 saturated carbocycles. The van der Waals surface area contributed by atoms with E-state index < -0.39 is 36.0 Å². The lowest BCUT2D eigenvalue weighted by Gasteiger charge is -2.28. The molecular formula is C54H70F8N6O8. The lowest BCUT2D eigenvalue weighted by molar-refractivity contribution is -0.193. The molecule has 0 aliphatic carbocycles. The SMILES string of the molecule is C.CC(C)(C)OC(=O)N[C@@H](CCN1CCC[C@H]1CNC(=O)c1ccccc1)Cc1ccccc1F.N[C@@H](CCN1CCC[C@H]1CNC(=O)c1ccccc1)Cc1ccccc1F.O=C(O)C(F)(F)F.O=C(O)C(F)(F)F. The molecule has 6 rings (SSSR count). The number of hydrogen-bond acceptors (Lipinski definition) is 9. The molecule has 4 aromatic carbocycles. The topological polar surface area (TPSA) is 204 Å². The number of hydrogen-bond donors (Lipinski definition) is 6. The van der Waals surface area contributed by atoms with Crippen molar-refractivity contribution >= 4 is 29.8 Å². The molecule has 420 valence electrons. The van der Waals surface area contributed by atoms with Gasteiger partial charge in [-0.25, -0.2) is 23.2 Å². The number of ether oxygens (including phenoxy) is 1. The first kappa shape index (κ1) is 65.5. The second-order valence-corrected chi connectivity index (χ2v) is 18.7. The minimum Gasteiger partial charge on any atom is -0.475 e. The molecule has 0 radical (unpaired) electrons. The third-order valence-corrected chi connectivity index (χ3v) is 11.7. The van der Waals surface area contributed by atoms with Gasteiger partial charge in [0.05, 0.1) is 0 Å². The minimum absolute atomic E-state index is 0. The van der Waals surface area contributed by atoms with Gasteiger partial charge in [0.25, 0.3) is 11.8 Å². The van der Waals surface area contributed by atoms with Crippen LogP contribution in [0.2, 0.25) is 0 Å². The van der Waals surface area contributed by atoms with Gasteiger partial charge in [0.1, 0.15) is 17.2 Å². The summed E-state index contributed by atoms with van der Waals surface area (Å²) < 4.78 is 96.9. The number of alkyl halides is 6. The van der Waals surface area contributed by atoms with E-state index in [1.165, 1.54) is 12.1 Å². The summed E-state index contributed by atoms with van der Waals surface area (Å²) in [6.07, 6.45) is -3.98. The van der Waals surface area contributed by atoms with Gasteiger partial charge in [-0.05, 0) is 139 Å². The van der Waals surface area contributed by atoms with Crippen LogP contribution in [-0.2, 0) is 27.2 Å². The number of alkyl carbamates (subject to hydrolysis) is 1. The van der Waals surface area contributed by atoms with Crippen LogP contribution in [0.3, 0.4) is 0 Å². The molecule has 0 aromatic heterocycles. The van der Waals surface area contributed by atoms with Crippen LogP contribution < -0.4 is 21.7 Å². The predicted molar refractivity (Wildman–Crippen MR) is 271 cm³/mol. The fourth-order valence-corrected chi connectivity index (χ4v) is 7.98. The molecule has 7 N–H and O–H groups in total. The second-order valence-electron chi connectivity index (χ2n) is 18.7. The molecule has 0 spiro atoms. The Morgan fingerprint density at radius 1 is 0.618 bits per heavy atom. The maximum atomic E-state index is 14.3. The van der Waals surface area contributed by atoms with Crippen molar-refractivity contribution in [2.75, 3.05) is 39.3 Å². The number of benzene rings is 4. The van der Waals surface area contributed by atoms with Crippen LogP contribution in [0.1, 0.15) is 98.6 Å². The van der Waals surface area contributed by atoms with Crippen LogP contribution in [0.25, 0.3) is 0 Å². The fraction of sp³-hybridized carbons (Fsp3) is 0.463. The molecular weight excluding hydrogens is 1010 g/mol. The molecule has 2 saturated heterocycles. The molecule has 0 bridgehead atoms. The summed E-state index contributed by atoms with van der Waals surface area (Å²) in [6.45, 7) is 10.2. The first-order valence-electron chi connectivity index (χ1n) is 24.2. The van der Waals surface area contributed by atoms with E-state index in [1.807, 2.05) is 75.4 Å². The van der Waals surface area contributed by atoms with Crippen LogP contribution in [0.15, 0.2) is 109 Å². The number of carbonyl (C=O) groups excluding carboxylic acids is 3. The largest absolute Gasteiger partial charge is 0.490 e. The van der Waals surface area contributed by atoms with E-state index in [2.05, 4.69) is 25.8 Å². The second kappa shape index (κ2) is 32.1. The highest BCUT2D eigenvalue weighted by Crippen LogP contribution is 2.21.